The van der Waals surface area contributed by atoms with Gasteiger partial charge in [0, 0.05) is 18.0 Å². The number of nitrogens with zero attached hydrogens (tertiary/aromatic N) is 2. The van der Waals surface area contributed by atoms with Gasteiger partial charge in [0.15, 0.2) is 9.84 Å². The van der Waals surface area contributed by atoms with Crippen molar-refractivity contribution in [2.24, 2.45) is 11.1 Å². The summed E-state index contributed by atoms with van der Waals surface area (Å²) in [6, 6.07) is 8.97. The number of sulfone groups is 1. The quantitative estimate of drug-likeness (QED) is 0.655. The van der Waals surface area contributed by atoms with Crippen molar-refractivity contribution in [3.8, 4) is 17.2 Å². The zero-order valence-electron chi connectivity index (χ0n) is 17.0. The Bertz CT molecular complexity index is 1090. The smallest absolute Gasteiger partial charge is 0.227 e. The number of benzene rings is 1. The molecule has 30 heavy (non-hydrogen) atoms. The molecule has 0 unspecified atom stereocenters. The Balaban J connectivity index is 2.17. The molecule has 0 saturated heterocycles. The fraction of sp³-hybridized carbons (Fsp3) is 0.333. The van der Waals surface area contributed by atoms with Gasteiger partial charge in [-0.25, -0.2) is 8.42 Å². The molecule has 2 amide bonds. The van der Waals surface area contributed by atoms with Crippen LogP contribution in [0, 0.1) is 23.7 Å². The van der Waals surface area contributed by atoms with Crippen LogP contribution in [0.2, 0.25) is 0 Å². The molecule has 0 bridgehead atoms. The standard InChI is InChI=1S/C21H24N4O4S/c1-14-8-16(12-24-11-14)15-4-6-18(7-5-15)30(28,29)13-21(2,3)20(27)25-17(10-22)9-19(23)26/h4-8,11-12,17H,9,13H2,1-3H3,(H2,23,26)(H,25,27)/t17-/m0/s1. The highest BCUT2D eigenvalue weighted by molar-refractivity contribution is 7.91. The van der Waals surface area contributed by atoms with Gasteiger partial charge in [0.1, 0.15) is 6.04 Å². The third-order valence-electron chi connectivity index (χ3n) is 4.45. The van der Waals surface area contributed by atoms with Gasteiger partial charge in [0.05, 0.1) is 28.6 Å². The predicted molar refractivity (Wildman–Crippen MR) is 112 cm³/mol. The van der Waals surface area contributed by atoms with Crippen LogP contribution >= 0.6 is 0 Å². The number of rotatable bonds is 8. The minimum atomic E-state index is -3.79. The van der Waals surface area contributed by atoms with Crippen molar-refractivity contribution in [1.29, 1.82) is 5.26 Å². The van der Waals surface area contributed by atoms with Gasteiger partial charge in [0.2, 0.25) is 11.8 Å². The number of amides is 2. The van der Waals surface area contributed by atoms with E-state index in [0.717, 1.165) is 16.7 Å². The van der Waals surface area contributed by atoms with E-state index in [1.807, 2.05) is 13.0 Å². The molecule has 9 heteroatoms. The van der Waals surface area contributed by atoms with Crippen LogP contribution in [-0.4, -0.2) is 37.0 Å². The summed E-state index contributed by atoms with van der Waals surface area (Å²) in [5.41, 5.74) is 6.41. The van der Waals surface area contributed by atoms with E-state index in [0.29, 0.717) is 0 Å². The predicted octanol–water partition coefficient (Wildman–Crippen LogP) is 1.74. The molecular weight excluding hydrogens is 404 g/mol. The molecule has 0 aliphatic rings. The summed E-state index contributed by atoms with van der Waals surface area (Å²) in [5, 5.41) is 11.4. The van der Waals surface area contributed by atoms with Crippen LogP contribution in [0.1, 0.15) is 25.8 Å². The molecule has 0 radical (unpaired) electrons. The summed E-state index contributed by atoms with van der Waals surface area (Å²) < 4.78 is 25.7. The van der Waals surface area contributed by atoms with Crippen molar-refractivity contribution < 1.29 is 18.0 Å². The first-order valence-corrected chi connectivity index (χ1v) is 10.8. The second-order valence-electron chi connectivity index (χ2n) is 7.74. The van der Waals surface area contributed by atoms with Crippen molar-refractivity contribution in [1.82, 2.24) is 10.3 Å². The van der Waals surface area contributed by atoms with Crippen molar-refractivity contribution in [3.05, 3.63) is 48.3 Å². The summed E-state index contributed by atoms with van der Waals surface area (Å²) in [5.74, 6) is -1.86. The zero-order chi connectivity index (χ0) is 22.5. The van der Waals surface area contributed by atoms with Gasteiger partial charge < -0.3 is 11.1 Å². The molecule has 2 rings (SSSR count). The van der Waals surface area contributed by atoms with Gasteiger partial charge >= 0.3 is 0 Å². The first-order valence-electron chi connectivity index (χ1n) is 9.18. The molecule has 1 aromatic heterocycles. The lowest BCUT2D eigenvalue weighted by Crippen LogP contribution is -2.46. The summed E-state index contributed by atoms with van der Waals surface area (Å²) in [6.07, 6.45) is 3.08. The first-order chi connectivity index (χ1) is 13.9. The number of nitrogens with two attached hydrogens (primary N) is 1. The maximum absolute atomic E-state index is 12.9. The molecule has 1 atom stereocenters. The van der Waals surface area contributed by atoms with Crippen LogP contribution < -0.4 is 11.1 Å². The second kappa shape index (κ2) is 9.05. The average Bonchev–Trinajstić information content (AvgIpc) is 2.66. The number of carbonyl (C=O) groups excluding carboxylic acids is 2. The number of primary amides is 1. The molecule has 2 aromatic rings. The van der Waals surface area contributed by atoms with E-state index in [1.165, 1.54) is 26.0 Å². The van der Waals surface area contributed by atoms with Gasteiger partial charge in [0.25, 0.3) is 0 Å². The highest BCUT2D eigenvalue weighted by atomic mass is 32.2. The first kappa shape index (κ1) is 23.0. The summed E-state index contributed by atoms with van der Waals surface area (Å²) >= 11 is 0. The number of aromatic nitrogens is 1. The maximum Gasteiger partial charge on any atom is 0.227 e. The van der Waals surface area contributed by atoms with Crippen LogP contribution in [-0.2, 0) is 19.4 Å². The number of aryl methyl sites for hydroxylation is 1. The lowest BCUT2D eigenvalue weighted by atomic mass is 9.94. The molecular formula is C21H24N4O4S. The highest BCUT2D eigenvalue weighted by Gasteiger charge is 2.35. The Hall–Kier alpha value is -3.25. The van der Waals surface area contributed by atoms with Gasteiger partial charge in [-0.1, -0.05) is 26.0 Å². The number of hydrogen-bond acceptors (Lipinski definition) is 6. The lowest BCUT2D eigenvalue weighted by Gasteiger charge is -2.24. The minimum absolute atomic E-state index is 0.0849. The van der Waals surface area contributed by atoms with Crippen LogP contribution in [0.3, 0.4) is 0 Å². The van der Waals surface area contributed by atoms with E-state index in [9.17, 15) is 18.0 Å². The SMILES string of the molecule is Cc1cncc(-c2ccc(S(=O)(=O)CC(C)(C)C(=O)N[C@H](C#N)CC(N)=O)cc2)c1. The Kier molecular flexibility index (Phi) is 6.95. The Morgan fingerprint density at radius 2 is 1.83 bits per heavy atom. The van der Waals surface area contributed by atoms with Crippen molar-refractivity contribution >= 4 is 21.7 Å². The number of nitrogens with one attached hydrogen (secondary N) is 1. The second-order valence-corrected chi connectivity index (χ2v) is 9.73. The fourth-order valence-electron chi connectivity index (χ4n) is 2.88. The third kappa shape index (κ3) is 5.87. The van der Waals surface area contributed by atoms with E-state index in [-0.39, 0.29) is 11.3 Å². The van der Waals surface area contributed by atoms with Crippen LogP contribution in [0.4, 0.5) is 0 Å². The lowest BCUT2D eigenvalue weighted by molar-refractivity contribution is -0.129. The molecule has 0 fully saturated rings. The number of hydrogen-bond donors (Lipinski definition) is 2. The molecule has 0 saturated carbocycles. The Morgan fingerprint density at radius 1 is 1.20 bits per heavy atom. The Morgan fingerprint density at radius 3 is 2.37 bits per heavy atom. The van der Waals surface area contributed by atoms with E-state index >= 15 is 0 Å². The summed E-state index contributed by atoms with van der Waals surface area (Å²) in [6.45, 7) is 4.85. The van der Waals surface area contributed by atoms with E-state index < -0.39 is 38.9 Å². The highest BCUT2D eigenvalue weighted by Crippen LogP contribution is 2.26. The van der Waals surface area contributed by atoms with Crippen molar-refractivity contribution in [3.63, 3.8) is 0 Å². The molecule has 0 aliphatic carbocycles. The number of pyridine rings is 1. The molecule has 3 N–H and O–H groups in total. The van der Waals surface area contributed by atoms with Gasteiger partial charge in [-0.05, 0) is 36.2 Å². The van der Waals surface area contributed by atoms with Crippen LogP contribution in [0.15, 0.2) is 47.6 Å². The molecule has 0 aliphatic heterocycles. The van der Waals surface area contributed by atoms with E-state index in [2.05, 4.69) is 10.3 Å². The number of nitriles is 1. The van der Waals surface area contributed by atoms with Crippen molar-refractivity contribution in [2.45, 2.75) is 38.1 Å². The molecule has 8 nitrogen and oxygen atoms in total. The van der Waals surface area contributed by atoms with Crippen molar-refractivity contribution in [2.75, 3.05) is 5.75 Å². The minimum Gasteiger partial charge on any atom is -0.370 e. The van der Waals surface area contributed by atoms with E-state index in [1.54, 1.807) is 30.6 Å². The van der Waals surface area contributed by atoms with Gasteiger partial charge in [-0.3, -0.25) is 14.6 Å². The zero-order valence-corrected chi connectivity index (χ0v) is 17.9. The monoisotopic (exact) mass is 428 g/mol. The van der Waals surface area contributed by atoms with Gasteiger partial charge in [-0.2, -0.15) is 5.26 Å². The molecule has 158 valence electrons. The van der Waals surface area contributed by atoms with Crippen LogP contribution in [0.5, 0.6) is 0 Å². The fourth-order valence-corrected chi connectivity index (χ4v) is 4.67. The van der Waals surface area contributed by atoms with E-state index in [4.69, 9.17) is 11.0 Å². The molecule has 0 spiro atoms. The largest absolute Gasteiger partial charge is 0.370 e. The van der Waals surface area contributed by atoms with Crippen LogP contribution in [0.25, 0.3) is 11.1 Å². The topological polar surface area (TPSA) is 143 Å². The summed E-state index contributed by atoms with van der Waals surface area (Å²) in [7, 11) is -3.79. The Labute approximate surface area is 176 Å². The molecule has 1 heterocycles. The van der Waals surface area contributed by atoms with Gasteiger partial charge in [-0.15, -0.1) is 0 Å². The number of carbonyl (C=O) groups is 2. The average molecular weight is 429 g/mol. The maximum atomic E-state index is 12.9. The third-order valence-corrected chi connectivity index (χ3v) is 6.55. The normalized spacial score (nSPS) is 12.6. The summed E-state index contributed by atoms with van der Waals surface area (Å²) in [4.78, 5) is 27.7. The molecule has 1 aromatic carbocycles.